The van der Waals surface area contributed by atoms with Gasteiger partial charge in [-0.3, -0.25) is 14.7 Å². The van der Waals surface area contributed by atoms with Gasteiger partial charge in [0.15, 0.2) is 11.5 Å². The van der Waals surface area contributed by atoms with Crippen molar-refractivity contribution in [3.63, 3.8) is 0 Å². The fourth-order valence-corrected chi connectivity index (χ4v) is 3.44. The first-order chi connectivity index (χ1) is 12.8. The summed E-state index contributed by atoms with van der Waals surface area (Å²) in [4.78, 5) is 21.2. The summed E-state index contributed by atoms with van der Waals surface area (Å²) in [7, 11) is 0. The largest absolute Gasteiger partial charge is 0.485 e. The van der Waals surface area contributed by atoms with Crippen molar-refractivity contribution in [3.8, 4) is 11.5 Å². The molecule has 3 heterocycles. The lowest BCUT2D eigenvalue weighted by Crippen LogP contribution is -2.47. The van der Waals surface area contributed by atoms with Crippen LogP contribution in [-0.2, 0) is 11.3 Å². The second-order valence-corrected chi connectivity index (χ2v) is 6.67. The fourth-order valence-electron chi connectivity index (χ4n) is 3.44. The van der Waals surface area contributed by atoms with Gasteiger partial charge in [0.2, 0.25) is 6.10 Å². The van der Waals surface area contributed by atoms with Crippen LogP contribution < -0.4 is 9.47 Å². The number of ether oxygens (including phenoxy) is 2. The normalized spacial score (nSPS) is 20.5. The molecule has 26 heavy (non-hydrogen) atoms. The molecule has 1 saturated heterocycles. The number of pyridine rings is 1. The number of carbonyl (C=O) groups is 1. The molecule has 1 unspecified atom stereocenters. The van der Waals surface area contributed by atoms with E-state index in [4.69, 9.17) is 9.47 Å². The summed E-state index contributed by atoms with van der Waals surface area (Å²) in [6, 6.07) is 11.6. The maximum Gasteiger partial charge on any atom is 0.267 e. The Morgan fingerprint density at radius 3 is 2.69 bits per heavy atom. The van der Waals surface area contributed by atoms with Crippen molar-refractivity contribution in [1.29, 1.82) is 0 Å². The monoisotopic (exact) mass is 353 g/mol. The molecule has 136 valence electrons. The molecule has 2 aliphatic rings. The summed E-state index contributed by atoms with van der Waals surface area (Å²) >= 11 is 0. The van der Waals surface area contributed by atoms with E-state index in [1.165, 1.54) is 5.56 Å². The van der Waals surface area contributed by atoms with E-state index < -0.39 is 6.10 Å². The maximum absolute atomic E-state index is 12.9. The SMILES string of the molecule is O=C(C1COc2ccccc2O1)N1CCCN(Cc2ccncc2)CC1. The molecule has 1 amide bonds. The van der Waals surface area contributed by atoms with Gasteiger partial charge >= 0.3 is 0 Å². The number of para-hydroxylation sites is 2. The van der Waals surface area contributed by atoms with Crippen LogP contribution in [0.5, 0.6) is 11.5 Å². The Kier molecular flexibility index (Phi) is 5.02. The predicted octanol–water partition coefficient (Wildman–Crippen LogP) is 1.96. The van der Waals surface area contributed by atoms with E-state index in [-0.39, 0.29) is 12.5 Å². The summed E-state index contributed by atoms with van der Waals surface area (Å²) < 4.78 is 11.6. The van der Waals surface area contributed by atoms with Gasteiger partial charge in [0.05, 0.1) is 0 Å². The molecule has 0 bridgehead atoms. The summed E-state index contributed by atoms with van der Waals surface area (Å²) in [6.07, 6.45) is 4.04. The topological polar surface area (TPSA) is 54.9 Å². The van der Waals surface area contributed by atoms with Crippen molar-refractivity contribution in [2.75, 3.05) is 32.8 Å². The van der Waals surface area contributed by atoms with Crippen molar-refractivity contribution in [3.05, 3.63) is 54.4 Å². The molecule has 1 atom stereocenters. The Labute approximate surface area is 153 Å². The maximum atomic E-state index is 12.9. The average molecular weight is 353 g/mol. The number of benzene rings is 1. The number of rotatable bonds is 3. The fraction of sp³-hybridized carbons (Fsp3) is 0.400. The van der Waals surface area contributed by atoms with Crippen molar-refractivity contribution in [2.45, 2.75) is 19.1 Å². The third-order valence-electron chi connectivity index (χ3n) is 4.84. The highest BCUT2D eigenvalue weighted by Gasteiger charge is 2.31. The highest BCUT2D eigenvalue weighted by molar-refractivity contribution is 5.82. The Balaban J connectivity index is 1.35. The van der Waals surface area contributed by atoms with E-state index in [0.717, 1.165) is 32.6 Å². The van der Waals surface area contributed by atoms with Gasteiger partial charge in [0.1, 0.15) is 6.61 Å². The van der Waals surface area contributed by atoms with Crippen LogP contribution in [0.15, 0.2) is 48.8 Å². The number of hydrogen-bond acceptors (Lipinski definition) is 5. The van der Waals surface area contributed by atoms with E-state index in [1.807, 2.05) is 53.7 Å². The Hall–Kier alpha value is -2.60. The van der Waals surface area contributed by atoms with Crippen LogP contribution in [0.3, 0.4) is 0 Å². The molecule has 0 aliphatic carbocycles. The number of hydrogen-bond donors (Lipinski definition) is 0. The summed E-state index contributed by atoms with van der Waals surface area (Å²) in [6.45, 7) is 4.47. The smallest absolute Gasteiger partial charge is 0.267 e. The quantitative estimate of drug-likeness (QED) is 0.844. The Morgan fingerprint density at radius 1 is 1.04 bits per heavy atom. The van der Waals surface area contributed by atoms with Gasteiger partial charge in [-0.25, -0.2) is 0 Å². The second-order valence-electron chi connectivity index (χ2n) is 6.67. The van der Waals surface area contributed by atoms with Crippen LogP contribution in [0.25, 0.3) is 0 Å². The van der Waals surface area contributed by atoms with Crippen molar-refractivity contribution < 1.29 is 14.3 Å². The van der Waals surface area contributed by atoms with Crippen LogP contribution in [0.1, 0.15) is 12.0 Å². The molecular weight excluding hydrogens is 330 g/mol. The van der Waals surface area contributed by atoms with Gasteiger partial charge < -0.3 is 14.4 Å². The average Bonchev–Trinajstić information content (AvgIpc) is 2.93. The first-order valence-corrected chi connectivity index (χ1v) is 9.08. The van der Waals surface area contributed by atoms with Gasteiger partial charge in [0, 0.05) is 45.1 Å². The number of fused-ring (bicyclic) bond motifs is 1. The van der Waals surface area contributed by atoms with Crippen molar-refractivity contribution >= 4 is 5.91 Å². The van der Waals surface area contributed by atoms with Crippen LogP contribution in [0.4, 0.5) is 0 Å². The number of amides is 1. The molecule has 0 N–H and O–H groups in total. The molecule has 1 fully saturated rings. The third kappa shape index (κ3) is 3.80. The van der Waals surface area contributed by atoms with Crippen LogP contribution in [0, 0.1) is 0 Å². The molecule has 6 heteroatoms. The molecule has 0 radical (unpaired) electrons. The summed E-state index contributed by atoms with van der Waals surface area (Å²) in [5.74, 6) is 1.37. The standard InChI is InChI=1S/C20H23N3O3/c24-20(19-15-25-17-4-1-2-5-18(17)26-19)23-11-3-10-22(12-13-23)14-16-6-8-21-9-7-16/h1-2,4-9,19H,3,10-15H2. The zero-order valence-electron chi connectivity index (χ0n) is 14.7. The first kappa shape index (κ1) is 16.8. The summed E-state index contributed by atoms with van der Waals surface area (Å²) in [5.41, 5.74) is 1.25. The van der Waals surface area contributed by atoms with Crippen molar-refractivity contribution in [2.24, 2.45) is 0 Å². The van der Waals surface area contributed by atoms with Gasteiger partial charge in [-0.05, 0) is 36.2 Å². The lowest BCUT2D eigenvalue weighted by Gasteiger charge is -2.30. The molecule has 0 saturated carbocycles. The molecule has 0 spiro atoms. The second kappa shape index (κ2) is 7.74. The molecule has 6 nitrogen and oxygen atoms in total. The van der Waals surface area contributed by atoms with E-state index in [1.54, 1.807) is 0 Å². The molecule has 2 aromatic rings. The van der Waals surface area contributed by atoms with E-state index in [0.29, 0.717) is 18.0 Å². The van der Waals surface area contributed by atoms with E-state index in [9.17, 15) is 4.79 Å². The van der Waals surface area contributed by atoms with Crippen LogP contribution in [-0.4, -0.2) is 59.6 Å². The minimum Gasteiger partial charge on any atom is -0.485 e. The number of carbonyl (C=O) groups excluding carboxylic acids is 1. The molecule has 1 aromatic carbocycles. The van der Waals surface area contributed by atoms with Gasteiger partial charge in [-0.2, -0.15) is 0 Å². The van der Waals surface area contributed by atoms with Crippen LogP contribution in [0.2, 0.25) is 0 Å². The van der Waals surface area contributed by atoms with Crippen molar-refractivity contribution in [1.82, 2.24) is 14.8 Å². The highest BCUT2D eigenvalue weighted by Crippen LogP contribution is 2.31. The summed E-state index contributed by atoms with van der Waals surface area (Å²) in [5, 5.41) is 0. The molecule has 1 aromatic heterocycles. The molecule has 4 rings (SSSR count). The first-order valence-electron chi connectivity index (χ1n) is 9.08. The number of nitrogens with zero attached hydrogens (tertiary/aromatic N) is 3. The Bertz CT molecular complexity index is 753. The van der Waals surface area contributed by atoms with Gasteiger partial charge in [-0.15, -0.1) is 0 Å². The highest BCUT2D eigenvalue weighted by atomic mass is 16.6. The zero-order valence-corrected chi connectivity index (χ0v) is 14.7. The lowest BCUT2D eigenvalue weighted by molar-refractivity contribution is -0.141. The Morgan fingerprint density at radius 2 is 1.85 bits per heavy atom. The number of aromatic nitrogens is 1. The zero-order chi connectivity index (χ0) is 17.8. The van der Waals surface area contributed by atoms with Crippen LogP contribution >= 0.6 is 0 Å². The third-order valence-corrected chi connectivity index (χ3v) is 4.84. The predicted molar refractivity (Wildman–Crippen MR) is 97.1 cm³/mol. The lowest BCUT2D eigenvalue weighted by atomic mass is 10.2. The van der Waals surface area contributed by atoms with E-state index in [2.05, 4.69) is 9.88 Å². The van der Waals surface area contributed by atoms with E-state index >= 15 is 0 Å². The minimum absolute atomic E-state index is 0.0188. The van der Waals surface area contributed by atoms with Gasteiger partial charge in [0.25, 0.3) is 5.91 Å². The molecular formula is C20H23N3O3. The molecule has 2 aliphatic heterocycles. The van der Waals surface area contributed by atoms with Gasteiger partial charge in [-0.1, -0.05) is 12.1 Å². The minimum atomic E-state index is -0.559.